The number of hydrogen-bond acceptors (Lipinski definition) is 3. The Balaban J connectivity index is 2.89. The van der Waals surface area contributed by atoms with Gasteiger partial charge >= 0.3 is 12.2 Å². The number of nitrogens with one attached hydrogen (secondary N) is 1. The molecule has 0 radical (unpaired) electrons. The largest absolute Gasteiger partial charge is 0.416 e. The standard InChI is InChI=1S/C14H18F4N2O3/c1-13(7-21,8-22)6-20(2)12(23)19-11-5-9(14(16,17)18)3-4-10(11)15/h3-5,21-22H,6-8H2,1-2H3,(H,19,23). The molecule has 0 aliphatic carbocycles. The van der Waals surface area contributed by atoms with Crippen LogP contribution < -0.4 is 5.32 Å². The maximum atomic E-state index is 13.6. The Morgan fingerprint density at radius 1 is 1.26 bits per heavy atom. The summed E-state index contributed by atoms with van der Waals surface area (Å²) in [5.41, 5.74) is -2.68. The summed E-state index contributed by atoms with van der Waals surface area (Å²) in [6, 6.07) is 0.822. The molecule has 5 nitrogen and oxygen atoms in total. The van der Waals surface area contributed by atoms with Crippen molar-refractivity contribution < 1.29 is 32.6 Å². The number of carbonyl (C=O) groups is 1. The van der Waals surface area contributed by atoms with Crippen molar-refractivity contribution in [2.75, 3.05) is 32.1 Å². The summed E-state index contributed by atoms with van der Waals surface area (Å²) in [5, 5.41) is 20.4. The summed E-state index contributed by atoms with van der Waals surface area (Å²) in [5.74, 6) is -1.01. The van der Waals surface area contributed by atoms with Crippen LogP contribution in [0.1, 0.15) is 12.5 Å². The lowest BCUT2D eigenvalue weighted by Gasteiger charge is -2.30. The van der Waals surface area contributed by atoms with E-state index in [0.717, 1.165) is 4.90 Å². The van der Waals surface area contributed by atoms with Crippen molar-refractivity contribution in [3.8, 4) is 0 Å². The van der Waals surface area contributed by atoms with Crippen LogP contribution in [0.4, 0.5) is 28.0 Å². The molecule has 130 valence electrons. The Morgan fingerprint density at radius 2 is 1.83 bits per heavy atom. The fraction of sp³-hybridized carbons (Fsp3) is 0.500. The van der Waals surface area contributed by atoms with Gasteiger partial charge in [-0.25, -0.2) is 9.18 Å². The highest BCUT2D eigenvalue weighted by molar-refractivity contribution is 5.89. The van der Waals surface area contributed by atoms with Crippen molar-refractivity contribution in [3.05, 3.63) is 29.6 Å². The van der Waals surface area contributed by atoms with Crippen LogP contribution in [0.3, 0.4) is 0 Å². The van der Waals surface area contributed by atoms with Crippen LogP contribution in [0.15, 0.2) is 18.2 Å². The smallest absolute Gasteiger partial charge is 0.396 e. The molecule has 23 heavy (non-hydrogen) atoms. The van der Waals surface area contributed by atoms with Crippen molar-refractivity contribution in [2.45, 2.75) is 13.1 Å². The summed E-state index contributed by atoms with van der Waals surface area (Å²) in [7, 11) is 1.31. The molecule has 0 atom stereocenters. The van der Waals surface area contributed by atoms with Crippen LogP contribution in [-0.2, 0) is 6.18 Å². The molecule has 0 aliphatic rings. The minimum Gasteiger partial charge on any atom is -0.396 e. The van der Waals surface area contributed by atoms with Gasteiger partial charge in [0.25, 0.3) is 0 Å². The summed E-state index contributed by atoms with van der Waals surface area (Å²) in [6.07, 6.45) is -4.66. The number of halogens is 4. The monoisotopic (exact) mass is 338 g/mol. The van der Waals surface area contributed by atoms with E-state index in [4.69, 9.17) is 0 Å². The molecular formula is C14H18F4N2O3. The Morgan fingerprint density at radius 3 is 2.30 bits per heavy atom. The van der Waals surface area contributed by atoms with E-state index < -0.39 is 47.9 Å². The SMILES string of the molecule is CN(CC(C)(CO)CO)C(=O)Nc1cc(C(F)(F)F)ccc1F. The van der Waals surface area contributed by atoms with E-state index in [0.29, 0.717) is 18.2 Å². The molecule has 0 heterocycles. The normalized spacial score (nSPS) is 12.2. The molecule has 0 spiro atoms. The third-order valence-electron chi connectivity index (χ3n) is 3.26. The first-order valence-corrected chi connectivity index (χ1v) is 6.63. The maximum absolute atomic E-state index is 13.6. The Bertz CT molecular complexity index is 559. The summed E-state index contributed by atoms with van der Waals surface area (Å²) >= 11 is 0. The number of carbonyl (C=O) groups excluding carboxylic acids is 1. The predicted octanol–water partition coefficient (Wildman–Crippen LogP) is 2.30. The van der Waals surface area contributed by atoms with Crippen LogP contribution in [0.2, 0.25) is 0 Å². The first kappa shape index (κ1) is 19.2. The molecule has 0 aliphatic heterocycles. The number of hydrogen-bond donors (Lipinski definition) is 3. The molecule has 1 aromatic rings. The fourth-order valence-electron chi connectivity index (χ4n) is 1.80. The van der Waals surface area contributed by atoms with Crippen molar-refractivity contribution in [1.82, 2.24) is 4.90 Å². The van der Waals surface area contributed by atoms with E-state index in [1.807, 2.05) is 5.32 Å². The average Bonchev–Trinajstić information content (AvgIpc) is 2.47. The van der Waals surface area contributed by atoms with E-state index in [2.05, 4.69) is 0 Å². The minimum absolute atomic E-state index is 0.0770. The van der Waals surface area contributed by atoms with Gasteiger partial charge in [-0.05, 0) is 18.2 Å². The lowest BCUT2D eigenvalue weighted by atomic mass is 9.92. The Labute approximate surface area is 130 Å². The van der Waals surface area contributed by atoms with Crippen LogP contribution in [-0.4, -0.2) is 48.0 Å². The van der Waals surface area contributed by atoms with Gasteiger partial charge in [-0.1, -0.05) is 6.92 Å². The highest BCUT2D eigenvalue weighted by atomic mass is 19.4. The van der Waals surface area contributed by atoms with Crippen LogP contribution in [0.25, 0.3) is 0 Å². The van der Waals surface area contributed by atoms with Gasteiger partial charge in [0.05, 0.1) is 24.5 Å². The van der Waals surface area contributed by atoms with Crippen molar-refractivity contribution >= 4 is 11.7 Å². The van der Waals surface area contributed by atoms with E-state index in [1.54, 1.807) is 0 Å². The lowest BCUT2D eigenvalue weighted by Crippen LogP contribution is -2.43. The number of anilines is 1. The van der Waals surface area contributed by atoms with Crippen LogP contribution in [0, 0.1) is 11.2 Å². The molecule has 0 unspecified atom stereocenters. The summed E-state index contributed by atoms with van der Waals surface area (Å²) in [4.78, 5) is 13.0. The van der Waals surface area contributed by atoms with Crippen molar-refractivity contribution in [2.24, 2.45) is 5.41 Å². The molecule has 3 N–H and O–H groups in total. The van der Waals surface area contributed by atoms with E-state index >= 15 is 0 Å². The van der Waals surface area contributed by atoms with E-state index in [9.17, 15) is 32.6 Å². The number of urea groups is 1. The first-order valence-electron chi connectivity index (χ1n) is 6.63. The van der Waals surface area contributed by atoms with Crippen molar-refractivity contribution in [1.29, 1.82) is 0 Å². The zero-order valence-electron chi connectivity index (χ0n) is 12.6. The minimum atomic E-state index is -4.66. The highest BCUT2D eigenvalue weighted by Crippen LogP contribution is 2.31. The number of aliphatic hydroxyl groups is 2. The average molecular weight is 338 g/mol. The molecular weight excluding hydrogens is 320 g/mol. The predicted molar refractivity (Wildman–Crippen MR) is 75.3 cm³/mol. The topological polar surface area (TPSA) is 72.8 Å². The number of nitrogens with zero attached hydrogens (tertiary/aromatic N) is 1. The number of rotatable bonds is 5. The first-order chi connectivity index (χ1) is 10.5. The van der Waals surface area contributed by atoms with E-state index in [-0.39, 0.29) is 6.54 Å². The molecule has 0 saturated heterocycles. The molecule has 0 aromatic heterocycles. The molecule has 2 amide bonds. The summed E-state index contributed by atoms with van der Waals surface area (Å²) < 4.78 is 51.4. The second-order valence-corrected chi connectivity index (χ2v) is 5.61. The second-order valence-electron chi connectivity index (χ2n) is 5.61. The number of benzene rings is 1. The van der Waals surface area contributed by atoms with Gasteiger partial charge in [0, 0.05) is 19.0 Å². The Kier molecular flexibility index (Phi) is 5.95. The van der Waals surface area contributed by atoms with Gasteiger partial charge in [-0.15, -0.1) is 0 Å². The van der Waals surface area contributed by atoms with Gasteiger partial charge in [0.1, 0.15) is 5.82 Å². The fourth-order valence-corrected chi connectivity index (χ4v) is 1.80. The zero-order chi connectivity index (χ0) is 17.8. The maximum Gasteiger partial charge on any atom is 0.416 e. The summed E-state index contributed by atoms with van der Waals surface area (Å²) in [6.45, 7) is 0.631. The second kappa shape index (κ2) is 7.14. The van der Waals surface area contributed by atoms with Gasteiger partial charge in [-0.2, -0.15) is 13.2 Å². The lowest BCUT2D eigenvalue weighted by molar-refractivity contribution is -0.137. The van der Waals surface area contributed by atoms with Crippen LogP contribution in [0.5, 0.6) is 0 Å². The number of alkyl halides is 3. The van der Waals surface area contributed by atoms with Gasteiger partial charge < -0.3 is 20.4 Å². The molecule has 9 heteroatoms. The zero-order valence-corrected chi connectivity index (χ0v) is 12.6. The quantitative estimate of drug-likeness (QED) is 0.722. The molecule has 1 aromatic carbocycles. The van der Waals surface area contributed by atoms with Crippen LogP contribution >= 0.6 is 0 Å². The number of aliphatic hydroxyl groups excluding tert-OH is 2. The third kappa shape index (κ3) is 5.07. The van der Waals surface area contributed by atoms with Gasteiger partial charge in [-0.3, -0.25) is 0 Å². The molecule has 0 bridgehead atoms. The molecule has 0 fully saturated rings. The highest BCUT2D eigenvalue weighted by Gasteiger charge is 2.32. The number of amides is 2. The van der Waals surface area contributed by atoms with Crippen molar-refractivity contribution in [3.63, 3.8) is 0 Å². The van der Waals surface area contributed by atoms with Gasteiger partial charge in [0.2, 0.25) is 0 Å². The molecule has 1 rings (SSSR count). The van der Waals surface area contributed by atoms with E-state index in [1.165, 1.54) is 14.0 Å². The van der Waals surface area contributed by atoms with Gasteiger partial charge in [0.15, 0.2) is 0 Å². The Hall–Kier alpha value is -1.87. The third-order valence-corrected chi connectivity index (χ3v) is 3.26. The molecule has 0 saturated carbocycles.